The van der Waals surface area contributed by atoms with Crippen molar-refractivity contribution in [1.29, 1.82) is 0 Å². The number of benzene rings is 4. The van der Waals surface area contributed by atoms with Crippen LogP contribution in [0.25, 0.3) is 25.9 Å². The van der Waals surface area contributed by atoms with Gasteiger partial charge in [0.25, 0.3) is 0 Å². The summed E-state index contributed by atoms with van der Waals surface area (Å²) in [5.74, 6) is -0.873. The number of carboxylic acid groups (broad SMARTS) is 1. The van der Waals surface area contributed by atoms with Crippen molar-refractivity contribution in [3.8, 4) is 0 Å². The highest BCUT2D eigenvalue weighted by atomic mass is 32.2. The van der Waals surface area contributed by atoms with Crippen LogP contribution in [0.2, 0.25) is 0 Å². The molecule has 8 heteroatoms. The molecule has 2 atom stereocenters. The third-order valence-electron chi connectivity index (χ3n) is 8.04. The summed E-state index contributed by atoms with van der Waals surface area (Å²) in [6, 6.07) is 34.8. The van der Waals surface area contributed by atoms with Gasteiger partial charge in [-0.25, -0.2) is 4.99 Å². The number of rotatable bonds is 5. The Morgan fingerprint density at radius 2 is 1.62 bits per heavy atom. The predicted octanol–water partition coefficient (Wildman–Crippen LogP) is 7.89. The Kier molecular flexibility index (Phi) is 6.14. The number of fused-ring (bicyclic) bond motifs is 4. The zero-order chi connectivity index (χ0) is 28.2. The van der Waals surface area contributed by atoms with Crippen molar-refractivity contribution < 1.29 is 14.7 Å². The van der Waals surface area contributed by atoms with Gasteiger partial charge >= 0.3 is 5.97 Å². The second-order valence-corrected chi connectivity index (χ2v) is 12.6. The normalized spacial score (nSPS) is 20.0. The van der Waals surface area contributed by atoms with E-state index >= 15 is 0 Å². The van der Waals surface area contributed by atoms with Gasteiger partial charge in [0.05, 0.1) is 24.2 Å². The van der Waals surface area contributed by atoms with Crippen LogP contribution < -0.4 is 5.48 Å². The minimum absolute atomic E-state index is 0.0887. The van der Waals surface area contributed by atoms with E-state index in [2.05, 4.69) is 77.1 Å². The second-order valence-electron chi connectivity index (χ2n) is 10.6. The van der Waals surface area contributed by atoms with E-state index in [9.17, 15) is 9.90 Å². The number of aliphatic imine (C=N–C) groups is 1. The van der Waals surface area contributed by atoms with Gasteiger partial charge in [-0.3, -0.25) is 4.79 Å². The number of carbonyl (C=O) groups is 1. The Morgan fingerprint density at radius 3 is 2.40 bits per heavy atom. The fraction of sp³-hybridized carbons (Fsp3) is 0.118. The van der Waals surface area contributed by atoms with Crippen LogP contribution in [0.5, 0.6) is 0 Å². The summed E-state index contributed by atoms with van der Waals surface area (Å²) >= 11 is 3.27. The number of nitrogens with one attached hydrogen (secondary N) is 1. The summed E-state index contributed by atoms with van der Waals surface area (Å²) in [6.45, 7) is 0.567. The number of thiophene rings is 1. The minimum Gasteiger partial charge on any atom is -0.481 e. The van der Waals surface area contributed by atoms with Crippen molar-refractivity contribution in [2.75, 3.05) is 6.54 Å². The van der Waals surface area contributed by atoms with Gasteiger partial charge in [0, 0.05) is 37.9 Å². The highest BCUT2D eigenvalue weighted by Gasteiger charge is 2.43. The molecule has 2 unspecified atom stereocenters. The van der Waals surface area contributed by atoms with Crippen LogP contribution in [0.4, 0.5) is 0 Å². The van der Waals surface area contributed by atoms with Gasteiger partial charge in [-0.15, -0.1) is 16.8 Å². The molecule has 2 N–H and O–H groups in total. The number of aliphatic carboxylic acids is 1. The van der Waals surface area contributed by atoms with Gasteiger partial charge in [-0.05, 0) is 46.7 Å². The molecule has 0 amide bonds. The van der Waals surface area contributed by atoms with Crippen molar-refractivity contribution in [3.63, 3.8) is 0 Å². The van der Waals surface area contributed by atoms with E-state index in [4.69, 9.17) is 9.83 Å². The van der Waals surface area contributed by atoms with E-state index < -0.39 is 5.97 Å². The third kappa shape index (κ3) is 4.22. The number of hydrogen-bond acceptors (Lipinski definition) is 7. The highest BCUT2D eigenvalue weighted by molar-refractivity contribution is 8.17. The van der Waals surface area contributed by atoms with E-state index in [-0.39, 0.29) is 18.5 Å². The first-order chi connectivity index (χ1) is 20.6. The second kappa shape index (κ2) is 10.2. The van der Waals surface area contributed by atoms with E-state index in [1.165, 1.54) is 26.5 Å². The molecule has 206 valence electrons. The van der Waals surface area contributed by atoms with Crippen LogP contribution in [-0.4, -0.2) is 27.7 Å². The molecular weight excluding hydrogens is 563 g/mol. The maximum atomic E-state index is 12.4. The monoisotopic (exact) mass is 587 g/mol. The summed E-state index contributed by atoms with van der Waals surface area (Å²) in [5, 5.41) is 14.1. The summed E-state index contributed by atoms with van der Waals surface area (Å²) in [6.07, 6.45) is -0.113. The molecule has 0 radical (unpaired) electrons. The maximum Gasteiger partial charge on any atom is 0.307 e. The van der Waals surface area contributed by atoms with Gasteiger partial charge < -0.3 is 14.8 Å². The lowest BCUT2D eigenvalue weighted by Crippen LogP contribution is -2.41. The van der Waals surface area contributed by atoms with E-state index in [0.29, 0.717) is 6.54 Å². The molecule has 1 aromatic heterocycles. The number of amidine groups is 1. The first-order valence-corrected chi connectivity index (χ1v) is 15.4. The fourth-order valence-corrected chi connectivity index (χ4v) is 8.25. The predicted molar refractivity (Wildman–Crippen MR) is 170 cm³/mol. The van der Waals surface area contributed by atoms with Gasteiger partial charge in [-0.1, -0.05) is 84.9 Å². The first kappa shape index (κ1) is 25.3. The molecule has 3 aliphatic heterocycles. The minimum atomic E-state index is -0.873. The zero-order valence-electron chi connectivity index (χ0n) is 22.4. The van der Waals surface area contributed by atoms with Crippen LogP contribution in [0.15, 0.2) is 124 Å². The molecule has 42 heavy (non-hydrogen) atoms. The maximum absolute atomic E-state index is 12.4. The lowest BCUT2D eigenvalue weighted by atomic mass is 9.89. The zero-order valence-corrected chi connectivity index (χ0v) is 24.0. The quantitative estimate of drug-likeness (QED) is 0.218. The Labute approximate surface area is 250 Å². The molecule has 0 spiro atoms. The fourth-order valence-electron chi connectivity index (χ4n) is 6.17. The van der Waals surface area contributed by atoms with Crippen molar-refractivity contribution in [2.24, 2.45) is 4.99 Å². The smallest absolute Gasteiger partial charge is 0.307 e. The van der Waals surface area contributed by atoms with Gasteiger partial charge in [-0.2, -0.15) is 0 Å². The number of thioether (sulfide) groups is 1. The summed E-state index contributed by atoms with van der Waals surface area (Å²) in [4.78, 5) is 25.9. The van der Waals surface area contributed by atoms with Crippen molar-refractivity contribution >= 4 is 60.1 Å². The molecule has 0 saturated heterocycles. The molecule has 5 aromatic rings. The number of carboxylic acids is 1. The van der Waals surface area contributed by atoms with Gasteiger partial charge in [0.15, 0.2) is 10.3 Å². The largest absolute Gasteiger partial charge is 0.481 e. The summed E-state index contributed by atoms with van der Waals surface area (Å²) in [7, 11) is 0. The standard InChI is InChI=1S/C34H25N3O3S2/c38-29(39)18-25-30(22-15-16-28-24(17-22)23-13-7-8-14-27(23)41-28)35-34-37(32(25)21-11-5-2-6-12-21)19-26-31(36-40-33(26)42-34)20-9-3-1-4-10-20/h1-17,31-32,36H,18-19H2,(H,38,39). The molecule has 8 rings (SSSR count). The molecule has 4 heterocycles. The van der Waals surface area contributed by atoms with Crippen LogP contribution >= 0.6 is 23.1 Å². The van der Waals surface area contributed by atoms with E-state index in [1.54, 1.807) is 11.3 Å². The average Bonchev–Trinajstić information content (AvgIpc) is 3.61. The van der Waals surface area contributed by atoms with Crippen LogP contribution in [0, 0.1) is 0 Å². The lowest BCUT2D eigenvalue weighted by molar-refractivity contribution is -0.136. The van der Waals surface area contributed by atoms with Crippen molar-refractivity contribution in [1.82, 2.24) is 10.4 Å². The number of hydrogen-bond donors (Lipinski definition) is 2. The molecule has 0 fully saturated rings. The lowest BCUT2D eigenvalue weighted by Gasteiger charge is -2.41. The third-order valence-corrected chi connectivity index (χ3v) is 10.2. The van der Waals surface area contributed by atoms with Gasteiger partial charge in [0.2, 0.25) is 0 Å². The van der Waals surface area contributed by atoms with Crippen molar-refractivity contribution in [3.05, 3.63) is 136 Å². The molecule has 0 saturated carbocycles. The molecule has 0 bridgehead atoms. The Balaban J connectivity index is 1.31. The molecular formula is C34H25N3O3S2. The van der Waals surface area contributed by atoms with Crippen molar-refractivity contribution in [2.45, 2.75) is 18.5 Å². The molecule has 6 nitrogen and oxygen atoms in total. The summed E-state index contributed by atoms with van der Waals surface area (Å²) in [5.41, 5.74) is 8.91. The van der Waals surface area contributed by atoms with Crippen LogP contribution in [-0.2, 0) is 9.63 Å². The number of nitrogens with zero attached hydrogens (tertiary/aromatic N) is 2. The Hall–Kier alpha value is -4.37. The number of hydroxylamine groups is 1. The van der Waals surface area contributed by atoms with Gasteiger partial charge in [0.1, 0.15) is 0 Å². The molecule has 0 aliphatic carbocycles. The highest BCUT2D eigenvalue weighted by Crippen LogP contribution is 2.49. The first-order valence-electron chi connectivity index (χ1n) is 13.8. The van der Waals surface area contributed by atoms with Crippen LogP contribution in [0.1, 0.15) is 35.2 Å². The average molecular weight is 588 g/mol. The molecule has 4 aromatic carbocycles. The van der Waals surface area contributed by atoms with Crippen LogP contribution in [0.3, 0.4) is 0 Å². The Bertz CT molecular complexity index is 1960. The summed E-state index contributed by atoms with van der Waals surface area (Å²) < 4.78 is 2.43. The Morgan fingerprint density at radius 1 is 0.905 bits per heavy atom. The van der Waals surface area contributed by atoms with E-state index in [0.717, 1.165) is 49.2 Å². The topological polar surface area (TPSA) is 74.2 Å². The SMILES string of the molecule is O=C(O)CC1=C(c2ccc3sc4ccccc4c3c2)N=C2SC3=C(CN2C1c1ccccc1)C(c1ccccc1)NO3. The molecule has 3 aliphatic rings. The van der Waals surface area contributed by atoms with E-state index in [1.807, 2.05) is 36.4 Å².